The molecule has 1 aliphatic carbocycles. The minimum absolute atomic E-state index is 0.195. The van der Waals surface area contributed by atoms with Crippen LogP contribution < -0.4 is 15.5 Å². The van der Waals surface area contributed by atoms with Crippen molar-refractivity contribution < 1.29 is 49.4 Å². The quantitative estimate of drug-likeness (QED) is 0.137. The number of hydrogen-bond acceptors (Lipinski definition) is 8. The summed E-state index contributed by atoms with van der Waals surface area (Å²) in [6.45, 7) is 17.3. The third kappa shape index (κ3) is 15.3. The first-order valence-corrected chi connectivity index (χ1v) is 17.3. The van der Waals surface area contributed by atoms with Crippen molar-refractivity contribution >= 4 is 28.4 Å². The smallest absolute Gasteiger partial charge is 0.380 e. The molecule has 57 heavy (non-hydrogen) atoms. The van der Waals surface area contributed by atoms with Gasteiger partial charge in [-0.3, -0.25) is 20.2 Å². The van der Waals surface area contributed by atoms with E-state index in [2.05, 4.69) is 10.6 Å². The van der Waals surface area contributed by atoms with Crippen LogP contribution >= 0.6 is 0 Å². The highest BCUT2D eigenvalue weighted by Crippen LogP contribution is 2.42. The fourth-order valence-corrected chi connectivity index (χ4v) is 5.22. The van der Waals surface area contributed by atoms with Crippen molar-refractivity contribution in [2.75, 3.05) is 22.1 Å². The number of nitrogens with one attached hydrogen (secondary N) is 2. The standard InChI is InChI=1S/C15H19F3N2O2.C12H13F3N2.C11H13F3N2O2/c1-14(2,3)19(9-10-4-5-10)11-6-7-13(20(21)22)12(8-11)15(16,17)18;1-11(2,3)17-9-5-4-8(7-16)10(6-9)12(13,14)15;1-10(2,3)15-7-4-5-9(16(17)18)8(6-7)11(12,13)14/h6-8,10H,4-5,9H2,1-3H3;4-6,17H,1-3H3;4-6,15H,1-3H3. The molecule has 2 N–H and O–H groups in total. The summed E-state index contributed by atoms with van der Waals surface area (Å²) < 4.78 is 115. The second-order valence-corrected chi connectivity index (χ2v) is 16.3. The number of alkyl halides is 9. The zero-order valence-corrected chi connectivity index (χ0v) is 32.7. The zero-order chi connectivity index (χ0) is 44.1. The molecular formula is C38H45F9N6O4. The van der Waals surface area contributed by atoms with Gasteiger partial charge in [0.05, 0.1) is 27.0 Å². The minimum atomic E-state index is -4.75. The molecule has 0 saturated heterocycles. The van der Waals surface area contributed by atoms with Crippen LogP contribution in [0.5, 0.6) is 0 Å². The van der Waals surface area contributed by atoms with Crippen molar-refractivity contribution in [1.29, 1.82) is 5.26 Å². The third-order valence-corrected chi connectivity index (χ3v) is 7.72. The number of nitro groups is 2. The Balaban J connectivity index is 0.000000298. The zero-order valence-electron chi connectivity index (χ0n) is 32.7. The van der Waals surface area contributed by atoms with Crippen LogP contribution in [0.15, 0.2) is 54.6 Å². The van der Waals surface area contributed by atoms with Gasteiger partial charge in [0.2, 0.25) is 0 Å². The summed E-state index contributed by atoms with van der Waals surface area (Å²) in [4.78, 5) is 21.2. The van der Waals surface area contributed by atoms with Crippen molar-refractivity contribution in [3.63, 3.8) is 0 Å². The number of nitriles is 1. The highest BCUT2D eigenvalue weighted by atomic mass is 19.4. The van der Waals surface area contributed by atoms with Crippen molar-refractivity contribution in [3.8, 4) is 6.07 Å². The van der Waals surface area contributed by atoms with E-state index in [1.54, 1.807) is 26.8 Å². The topological polar surface area (TPSA) is 137 Å². The summed E-state index contributed by atoms with van der Waals surface area (Å²) in [7, 11) is 0. The number of hydrogen-bond donors (Lipinski definition) is 2. The van der Waals surface area contributed by atoms with Crippen LogP contribution in [0.3, 0.4) is 0 Å². The van der Waals surface area contributed by atoms with Gasteiger partial charge in [-0.1, -0.05) is 0 Å². The van der Waals surface area contributed by atoms with Gasteiger partial charge in [0.25, 0.3) is 11.4 Å². The second-order valence-electron chi connectivity index (χ2n) is 16.3. The summed E-state index contributed by atoms with van der Waals surface area (Å²) in [5, 5.41) is 35.8. The average Bonchev–Trinajstić information content (AvgIpc) is 3.85. The summed E-state index contributed by atoms with van der Waals surface area (Å²) in [6.07, 6.45) is -11.9. The van der Waals surface area contributed by atoms with E-state index in [9.17, 15) is 59.7 Å². The Morgan fingerprint density at radius 3 is 1.39 bits per heavy atom. The molecule has 4 rings (SSSR count). The molecule has 1 fully saturated rings. The maximum Gasteiger partial charge on any atom is 0.423 e. The van der Waals surface area contributed by atoms with Gasteiger partial charge in [0, 0.05) is 52.4 Å². The molecule has 1 aliphatic rings. The Bertz CT molecular complexity index is 1930. The minimum Gasteiger partial charge on any atom is -0.380 e. The molecule has 0 spiro atoms. The Hall–Kier alpha value is -5.28. The summed E-state index contributed by atoms with van der Waals surface area (Å²) in [6, 6.07) is 11.3. The molecule has 19 heteroatoms. The fourth-order valence-electron chi connectivity index (χ4n) is 5.22. The van der Waals surface area contributed by atoms with E-state index in [-0.39, 0.29) is 22.3 Å². The van der Waals surface area contributed by atoms with Crippen LogP contribution in [-0.2, 0) is 18.5 Å². The molecule has 0 amide bonds. The highest BCUT2D eigenvalue weighted by molar-refractivity contribution is 5.59. The van der Waals surface area contributed by atoms with Gasteiger partial charge in [0.1, 0.15) is 11.1 Å². The van der Waals surface area contributed by atoms with Crippen LogP contribution in [0.4, 0.5) is 68.0 Å². The Labute approximate surface area is 324 Å². The number of nitro benzene ring substituents is 2. The van der Waals surface area contributed by atoms with Crippen molar-refractivity contribution in [2.45, 2.75) is 110 Å². The van der Waals surface area contributed by atoms with E-state index in [0.717, 1.165) is 43.2 Å². The van der Waals surface area contributed by atoms with Gasteiger partial charge >= 0.3 is 18.5 Å². The molecule has 0 heterocycles. The molecule has 3 aromatic rings. The maximum atomic E-state index is 13.1. The second kappa shape index (κ2) is 17.5. The molecule has 3 aromatic carbocycles. The Morgan fingerprint density at radius 2 is 1.04 bits per heavy atom. The van der Waals surface area contributed by atoms with Gasteiger partial charge in [-0.15, -0.1) is 0 Å². The number of halogens is 9. The molecule has 0 aromatic heterocycles. The Morgan fingerprint density at radius 1 is 0.649 bits per heavy atom. The first-order chi connectivity index (χ1) is 25.6. The highest BCUT2D eigenvalue weighted by Gasteiger charge is 2.41. The molecule has 314 valence electrons. The average molecular weight is 821 g/mol. The largest absolute Gasteiger partial charge is 0.423 e. The number of rotatable bonds is 7. The van der Waals surface area contributed by atoms with Crippen LogP contribution in [0, 0.1) is 37.5 Å². The van der Waals surface area contributed by atoms with E-state index in [1.165, 1.54) is 24.3 Å². The monoisotopic (exact) mass is 820 g/mol. The van der Waals surface area contributed by atoms with Gasteiger partial charge in [-0.25, -0.2) is 0 Å². The maximum absolute atomic E-state index is 13.1. The molecule has 10 nitrogen and oxygen atoms in total. The molecule has 1 saturated carbocycles. The SMILES string of the molecule is CC(C)(C)N(CC1CC1)c1ccc([N+](=O)[O-])c(C(F)(F)F)c1.CC(C)(C)Nc1ccc(C#N)c(C(F)(F)F)c1.CC(C)(C)Nc1ccc([N+](=O)[O-])c(C(F)(F)F)c1. The predicted octanol–water partition coefficient (Wildman–Crippen LogP) is 12.2. The van der Waals surface area contributed by atoms with Gasteiger partial charge in [-0.2, -0.15) is 44.8 Å². The van der Waals surface area contributed by atoms with Gasteiger partial charge in [-0.05, 0) is 124 Å². The molecule has 0 unspecified atom stereocenters. The number of anilines is 3. The molecular weight excluding hydrogens is 775 g/mol. The summed E-state index contributed by atoms with van der Waals surface area (Å²) in [5.41, 5.74) is -5.77. The van der Waals surface area contributed by atoms with E-state index < -0.39 is 62.0 Å². The van der Waals surface area contributed by atoms with Crippen molar-refractivity contribution in [3.05, 3.63) is 97.1 Å². The summed E-state index contributed by atoms with van der Waals surface area (Å²) >= 11 is 0. The first kappa shape index (κ1) is 47.9. The Kier molecular flexibility index (Phi) is 14.7. The molecule has 0 radical (unpaired) electrons. The lowest BCUT2D eigenvalue weighted by Crippen LogP contribution is -2.43. The van der Waals surface area contributed by atoms with Crippen molar-refractivity contribution in [2.24, 2.45) is 5.92 Å². The lowest BCUT2D eigenvalue weighted by atomic mass is 10.0. The third-order valence-electron chi connectivity index (χ3n) is 7.72. The van der Waals surface area contributed by atoms with Gasteiger partial charge < -0.3 is 15.5 Å². The van der Waals surface area contributed by atoms with Crippen LogP contribution in [-0.4, -0.2) is 33.0 Å². The molecule has 0 bridgehead atoms. The molecule has 0 aliphatic heterocycles. The van der Waals surface area contributed by atoms with Crippen LogP contribution in [0.1, 0.15) is 97.4 Å². The predicted molar refractivity (Wildman–Crippen MR) is 199 cm³/mol. The van der Waals surface area contributed by atoms with E-state index >= 15 is 0 Å². The summed E-state index contributed by atoms with van der Waals surface area (Å²) in [5.74, 6) is 0.490. The number of benzene rings is 3. The van der Waals surface area contributed by atoms with E-state index in [1.807, 2.05) is 46.4 Å². The lowest BCUT2D eigenvalue weighted by molar-refractivity contribution is -0.388. The fraction of sp³-hybridized carbons (Fsp3) is 0.500. The normalized spacial score (nSPS) is 13.6. The van der Waals surface area contributed by atoms with Crippen LogP contribution in [0.2, 0.25) is 0 Å². The van der Waals surface area contributed by atoms with E-state index in [4.69, 9.17) is 5.26 Å². The van der Waals surface area contributed by atoms with Crippen molar-refractivity contribution in [1.82, 2.24) is 0 Å². The van der Waals surface area contributed by atoms with Crippen LogP contribution in [0.25, 0.3) is 0 Å². The number of nitrogens with zero attached hydrogens (tertiary/aromatic N) is 4. The molecule has 0 atom stereocenters. The van der Waals surface area contributed by atoms with Gasteiger partial charge in [0.15, 0.2) is 0 Å². The lowest BCUT2D eigenvalue weighted by Gasteiger charge is -2.38. The van der Waals surface area contributed by atoms with E-state index in [0.29, 0.717) is 23.8 Å². The first-order valence-electron chi connectivity index (χ1n) is 17.3.